The zero-order chi connectivity index (χ0) is 55.7. The second-order valence-electron chi connectivity index (χ2n) is 20.2. The Morgan fingerprint density at radius 3 is 1.49 bits per heavy atom. The number of aliphatic carboxylic acids is 1. The fourth-order valence-electron chi connectivity index (χ4n) is 7.78. The van der Waals surface area contributed by atoms with Gasteiger partial charge in [-0.3, -0.25) is 19.2 Å². The van der Waals surface area contributed by atoms with Gasteiger partial charge in [-0.05, 0) is 124 Å². The van der Waals surface area contributed by atoms with Gasteiger partial charge in [-0.1, -0.05) is 117 Å². The molecule has 13 nitrogen and oxygen atoms in total. The van der Waals surface area contributed by atoms with E-state index in [1.165, 1.54) is 11.3 Å². The third-order valence-corrected chi connectivity index (χ3v) is 14.9. The van der Waals surface area contributed by atoms with Crippen molar-refractivity contribution in [2.75, 3.05) is 43.4 Å². The van der Waals surface area contributed by atoms with Crippen molar-refractivity contribution in [1.82, 2.24) is 20.6 Å². The zero-order valence-corrected chi connectivity index (χ0v) is 48.9. The molecule has 0 saturated heterocycles. The molecule has 76 heavy (non-hydrogen) atoms. The number of amides is 2. The fourth-order valence-corrected chi connectivity index (χ4v) is 10.8. The molecule has 6 aromatic rings. The molecule has 4 aromatic carbocycles. The molecular weight excluding hydrogens is 1080 g/mol. The number of carbonyl (C=O) groups excluding carboxylic acids is 3. The van der Waals surface area contributed by atoms with Gasteiger partial charge in [-0.15, -0.1) is 22.7 Å². The lowest BCUT2D eigenvalue weighted by molar-refractivity contribution is -0.159. The lowest BCUT2D eigenvalue weighted by atomic mass is 9.97. The van der Waals surface area contributed by atoms with Gasteiger partial charge in [0.05, 0.1) is 43.3 Å². The topological polar surface area (TPSA) is 198 Å². The third-order valence-electron chi connectivity index (χ3n) is 11.4. The molecule has 2 amide bonds. The van der Waals surface area contributed by atoms with E-state index in [0.29, 0.717) is 80.8 Å². The lowest BCUT2D eigenvalue weighted by Crippen LogP contribution is -2.33. The second kappa shape index (κ2) is 29.5. The van der Waals surface area contributed by atoms with Crippen LogP contribution in [0.2, 0.25) is 20.1 Å². The van der Waals surface area contributed by atoms with Gasteiger partial charge >= 0.3 is 11.9 Å². The van der Waals surface area contributed by atoms with Crippen molar-refractivity contribution >= 4 is 103 Å². The molecular formula is C57H69Cl4N7O6S2. The highest BCUT2D eigenvalue weighted by atomic mass is 35.5. The van der Waals surface area contributed by atoms with Crippen LogP contribution in [-0.4, -0.2) is 77.2 Å². The lowest BCUT2D eigenvalue weighted by Gasteiger charge is -2.24. The first kappa shape index (κ1) is 61.6. The summed E-state index contributed by atoms with van der Waals surface area (Å²) in [4.78, 5) is 61.9. The van der Waals surface area contributed by atoms with E-state index < -0.39 is 23.4 Å². The predicted molar refractivity (Wildman–Crippen MR) is 314 cm³/mol. The van der Waals surface area contributed by atoms with Crippen LogP contribution in [0.1, 0.15) is 103 Å². The van der Waals surface area contributed by atoms with Crippen LogP contribution in [0.15, 0.2) is 84.9 Å². The number of rotatable bonds is 24. The van der Waals surface area contributed by atoms with Crippen molar-refractivity contribution in [3.63, 3.8) is 0 Å². The van der Waals surface area contributed by atoms with Crippen molar-refractivity contribution in [1.29, 1.82) is 0 Å². The van der Waals surface area contributed by atoms with Gasteiger partial charge in [0.2, 0.25) is 0 Å². The molecule has 0 aliphatic rings. The van der Waals surface area contributed by atoms with Gasteiger partial charge in [0.1, 0.15) is 5.60 Å². The maximum absolute atomic E-state index is 13.3. The molecule has 2 unspecified atom stereocenters. The first-order valence-corrected chi connectivity index (χ1v) is 28.5. The number of carbonyl (C=O) groups is 4. The third kappa shape index (κ3) is 19.3. The van der Waals surface area contributed by atoms with Gasteiger partial charge in [-0.2, -0.15) is 0 Å². The number of anilines is 2. The van der Waals surface area contributed by atoms with Crippen LogP contribution in [0.3, 0.4) is 0 Å². The molecule has 0 spiro atoms. The minimum atomic E-state index is -0.927. The van der Waals surface area contributed by atoms with Crippen molar-refractivity contribution in [3.05, 3.63) is 137 Å². The number of hydrogen-bond acceptors (Lipinski definition) is 12. The van der Waals surface area contributed by atoms with Crippen LogP contribution < -0.4 is 27.0 Å². The summed E-state index contributed by atoms with van der Waals surface area (Å²) in [6, 6.07) is 25.3. The fraction of sp³-hybridized carbons (Fsp3) is 0.404. The Hall–Kier alpha value is -5.26. The van der Waals surface area contributed by atoms with E-state index >= 15 is 0 Å². The van der Waals surface area contributed by atoms with E-state index in [-0.39, 0.29) is 30.7 Å². The number of nitrogens with two attached hydrogens (primary N) is 1. The number of hydrogen-bond donors (Lipinski definition) is 6. The highest BCUT2D eigenvalue weighted by Crippen LogP contribution is 2.38. The highest BCUT2D eigenvalue weighted by Gasteiger charge is 2.27. The summed E-state index contributed by atoms with van der Waals surface area (Å²) in [5.74, 6) is -1.92. The Kier molecular flexibility index (Phi) is 23.9. The first-order chi connectivity index (χ1) is 36.0. The van der Waals surface area contributed by atoms with Crippen LogP contribution in [0.25, 0.3) is 22.5 Å². The first-order valence-electron chi connectivity index (χ1n) is 25.3. The molecule has 2 atom stereocenters. The highest BCUT2D eigenvalue weighted by molar-refractivity contribution is 7.16. The van der Waals surface area contributed by atoms with Crippen molar-refractivity contribution in [2.45, 2.75) is 93.1 Å². The molecule has 408 valence electrons. The number of halogens is 4. The number of nitrogens with zero attached hydrogens (tertiary/aromatic N) is 2. The van der Waals surface area contributed by atoms with Crippen LogP contribution >= 0.6 is 69.1 Å². The Morgan fingerprint density at radius 2 is 1.08 bits per heavy atom. The average Bonchev–Trinajstić information content (AvgIpc) is 3.96. The molecule has 2 aromatic heterocycles. The van der Waals surface area contributed by atoms with Gasteiger partial charge in [-0.25, -0.2) is 9.97 Å². The SMILES string of the molecule is CC(C)Cc1sc(NCC(Cc2cccc(C(=O)NCCN)c2)C(=O)O)nc1-c1ccc(Cl)c(Cl)c1.CCCNC(=O)c1cccc(CC(CNc2nc(-c3ccc(Cl)c(Cl)c3)c(CC(C)C)s2)C(=O)OC(C)(C)C)c1. The van der Waals surface area contributed by atoms with Gasteiger partial charge in [0, 0.05) is 64.7 Å². The number of esters is 1. The molecule has 0 radical (unpaired) electrons. The number of carboxylic acids is 1. The minimum absolute atomic E-state index is 0.119. The number of ether oxygens (including phenoxy) is 1. The summed E-state index contributed by atoms with van der Waals surface area (Å²) in [6.07, 6.45) is 3.23. The quantitative estimate of drug-likeness (QED) is 0.0315. The van der Waals surface area contributed by atoms with Gasteiger partial charge in [0.25, 0.3) is 11.8 Å². The maximum Gasteiger partial charge on any atom is 0.311 e. The monoisotopic (exact) mass is 1150 g/mol. The Morgan fingerprint density at radius 1 is 0.632 bits per heavy atom. The largest absolute Gasteiger partial charge is 0.481 e. The van der Waals surface area contributed by atoms with E-state index in [1.807, 2.05) is 70.2 Å². The molecule has 19 heteroatoms. The van der Waals surface area contributed by atoms with E-state index in [9.17, 15) is 24.3 Å². The van der Waals surface area contributed by atoms with E-state index in [0.717, 1.165) is 67.8 Å². The predicted octanol–water partition coefficient (Wildman–Crippen LogP) is 13.4. The number of aromatic nitrogens is 2. The van der Waals surface area contributed by atoms with Gasteiger partial charge < -0.3 is 36.8 Å². The maximum atomic E-state index is 13.3. The van der Waals surface area contributed by atoms with Crippen molar-refractivity contribution < 1.29 is 29.0 Å². The summed E-state index contributed by atoms with van der Waals surface area (Å²) < 4.78 is 5.76. The number of nitrogens with one attached hydrogen (secondary N) is 4. The minimum Gasteiger partial charge on any atom is -0.481 e. The van der Waals surface area contributed by atoms with E-state index in [1.54, 1.807) is 53.8 Å². The molecule has 7 N–H and O–H groups in total. The zero-order valence-electron chi connectivity index (χ0n) is 44.3. The second-order valence-corrected chi connectivity index (χ2v) is 24.0. The molecule has 0 aliphatic heterocycles. The number of carboxylic acid groups (broad SMARTS) is 1. The standard InChI is InChI=1S/C31H39Cl2N3O3S.C26H30Cl2N4O3S/c1-7-13-34-28(37)22-10-8-9-20(15-22)16-23(29(38)39-31(4,5)6)18-35-30-36-27(26(40-30)14-19(2)3)21-11-12-24(32)25(33)17-21;1-15(2)10-22-23(17-6-7-20(27)21(28)13-17)32-26(36-22)31-14-19(25(34)35)12-16-4-3-5-18(11-16)24(33)30-9-8-29/h8-12,15,17,19,23H,7,13-14,16,18H2,1-6H3,(H,34,37)(H,35,36);3-7,11,13,15,19H,8-10,12,14,29H2,1-2H3,(H,30,33)(H,31,32)(H,34,35). The molecule has 6 rings (SSSR count). The Balaban J connectivity index is 0.000000282. The van der Waals surface area contributed by atoms with Crippen LogP contribution in [0, 0.1) is 23.7 Å². The van der Waals surface area contributed by atoms with Crippen LogP contribution in [0.4, 0.5) is 10.3 Å². The van der Waals surface area contributed by atoms with E-state index in [2.05, 4.69) is 49.0 Å². The molecule has 2 heterocycles. The van der Waals surface area contributed by atoms with E-state index in [4.69, 9.17) is 66.8 Å². The smallest absolute Gasteiger partial charge is 0.311 e. The van der Waals surface area contributed by atoms with Gasteiger partial charge in [0.15, 0.2) is 10.3 Å². The summed E-state index contributed by atoms with van der Waals surface area (Å²) in [7, 11) is 0. The number of benzene rings is 4. The average molecular weight is 1150 g/mol. The van der Waals surface area contributed by atoms with Crippen LogP contribution in [-0.2, 0) is 40.0 Å². The normalized spacial score (nSPS) is 12.1. The summed E-state index contributed by atoms with van der Waals surface area (Å²) >= 11 is 27.9. The molecule has 0 bridgehead atoms. The summed E-state index contributed by atoms with van der Waals surface area (Å²) in [6.45, 7) is 18.0. The van der Waals surface area contributed by atoms with Crippen LogP contribution in [0.5, 0.6) is 0 Å². The Bertz CT molecular complexity index is 2920. The molecule has 0 aliphatic carbocycles. The summed E-state index contributed by atoms with van der Waals surface area (Å²) in [5.41, 5.74) is 11.0. The Labute approximate surface area is 475 Å². The number of thiazole rings is 2. The summed E-state index contributed by atoms with van der Waals surface area (Å²) in [5, 5.41) is 25.4. The van der Waals surface area contributed by atoms with Crippen molar-refractivity contribution in [3.8, 4) is 22.5 Å². The molecule has 0 saturated carbocycles. The molecule has 0 fully saturated rings. The van der Waals surface area contributed by atoms with Crippen molar-refractivity contribution in [2.24, 2.45) is 29.4 Å².